The molecule has 0 saturated carbocycles. The van der Waals surface area contributed by atoms with Crippen LogP contribution in [0, 0.1) is 0 Å². The van der Waals surface area contributed by atoms with E-state index < -0.39 is 17.4 Å². The van der Waals surface area contributed by atoms with Crippen LogP contribution in [0.3, 0.4) is 0 Å². The number of ether oxygens (including phenoxy) is 1. The molecule has 18 heavy (non-hydrogen) atoms. The summed E-state index contributed by atoms with van der Waals surface area (Å²) in [7, 11) is 0. The first-order chi connectivity index (χ1) is 8.28. The van der Waals surface area contributed by atoms with Crippen LogP contribution >= 0.6 is 15.9 Å². The summed E-state index contributed by atoms with van der Waals surface area (Å²) in [6.07, 6.45) is -0.683. The SMILES string of the molecule is CC(C)(C)OC(=O)n1c(=O)[nH]c2ccc(Br)cc21. The molecule has 0 aliphatic heterocycles. The molecule has 6 heteroatoms. The fourth-order valence-corrected chi connectivity index (χ4v) is 1.91. The van der Waals surface area contributed by atoms with Crippen molar-refractivity contribution in [1.29, 1.82) is 0 Å². The molecule has 96 valence electrons. The van der Waals surface area contributed by atoms with Crippen molar-refractivity contribution in [3.05, 3.63) is 33.2 Å². The highest BCUT2D eigenvalue weighted by Crippen LogP contribution is 2.18. The lowest BCUT2D eigenvalue weighted by atomic mass is 10.2. The number of imidazole rings is 1. The minimum absolute atomic E-state index is 0.489. The molecule has 1 N–H and O–H groups in total. The molecule has 0 fully saturated rings. The molecular weight excluding hydrogens is 300 g/mol. The van der Waals surface area contributed by atoms with Gasteiger partial charge in [-0.05, 0) is 39.0 Å². The molecule has 1 heterocycles. The van der Waals surface area contributed by atoms with Crippen LogP contribution in [0.2, 0.25) is 0 Å². The van der Waals surface area contributed by atoms with Crippen LogP contribution in [-0.4, -0.2) is 21.2 Å². The van der Waals surface area contributed by atoms with Crippen molar-refractivity contribution in [3.63, 3.8) is 0 Å². The number of carbonyl (C=O) groups is 1. The van der Waals surface area contributed by atoms with Gasteiger partial charge in [0.05, 0.1) is 11.0 Å². The van der Waals surface area contributed by atoms with E-state index in [1.807, 2.05) is 0 Å². The van der Waals surface area contributed by atoms with Crippen molar-refractivity contribution < 1.29 is 9.53 Å². The largest absolute Gasteiger partial charge is 0.443 e. The molecule has 5 nitrogen and oxygen atoms in total. The molecule has 0 spiro atoms. The van der Waals surface area contributed by atoms with E-state index in [0.29, 0.717) is 11.0 Å². The second-order valence-corrected chi connectivity index (χ2v) is 5.82. The molecule has 1 aromatic heterocycles. The number of H-pyrrole nitrogens is 1. The standard InChI is InChI=1S/C12H13BrN2O3/c1-12(2,3)18-11(17)15-9-6-7(13)4-5-8(9)14-10(15)16/h4-6H,1-3H3,(H,14,16). The minimum Gasteiger partial charge on any atom is -0.443 e. The normalized spacial score (nSPS) is 11.8. The van der Waals surface area contributed by atoms with Crippen LogP contribution in [0.4, 0.5) is 4.79 Å². The van der Waals surface area contributed by atoms with Crippen LogP contribution < -0.4 is 5.69 Å². The molecule has 0 saturated heterocycles. The zero-order chi connectivity index (χ0) is 13.5. The summed E-state index contributed by atoms with van der Waals surface area (Å²) < 4.78 is 6.97. The summed E-state index contributed by atoms with van der Waals surface area (Å²) in [4.78, 5) is 26.3. The Labute approximate surface area is 112 Å². The average molecular weight is 313 g/mol. The van der Waals surface area contributed by atoms with Crippen LogP contribution in [0.15, 0.2) is 27.5 Å². The van der Waals surface area contributed by atoms with Crippen LogP contribution in [0.5, 0.6) is 0 Å². The predicted octanol–water partition coefficient (Wildman–Crippen LogP) is 2.88. The lowest BCUT2D eigenvalue weighted by molar-refractivity contribution is 0.0538. The zero-order valence-electron chi connectivity index (χ0n) is 10.3. The van der Waals surface area contributed by atoms with E-state index in [-0.39, 0.29) is 0 Å². The van der Waals surface area contributed by atoms with Gasteiger partial charge in [-0.25, -0.2) is 9.59 Å². The number of aromatic nitrogens is 2. The van der Waals surface area contributed by atoms with Gasteiger partial charge in [0, 0.05) is 4.47 Å². The quantitative estimate of drug-likeness (QED) is 0.813. The second-order valence-electron chi connectivity index (χ2n) is 4.91. The van der Waals surface area contributed by atoms with Crippen LogP contribution in [-0.2, 0) is 4.74 Å². The highest BCUT2D eigenvalue weighted by molar-refractivity contribution is 9.10. The summed E-state index contributed by atoms with van der Waals surface area (Å²) in [6.45, 7) is 5.25. The number of nitrogens with zero attached hydrogens (tertiary/aromatic N) is 1. The summed E-state index contributed by atoms with van der Waals surface area (Å²) in [5, 5.41) is 0. The number of halogens is 1. The smallest absolute Gasteiger partial charge is 0.423 e. The van der Waals surface area contributed by atoms with E-state index >= 15 is 0 Å². The van der Waals surface area contributed by atoms with Crippen molar-refractivity contribution in [2.45, 2.75) is 26.4 Å². The van der Waals surface area contributed by atoms with Crippen molar-refractivity contribution in [2.24, 2.45) is 0 Å². The Hall–Kier alpha value is -1.56. The van der Waals surface area contributed by atoms with E-state index in [2.05, 4.69) is 20.9 Å². The molecule has 2 aromatic rings. The van der Waals surface area contributed by atoms with Gasteiger partial charge in [-0.2, -0.15) is 4.57 Å². The highest BCUT2D eigenvalue weighted by atomic mass is 79.9. The fourth-order valence-electron chi connectivity index (χ4n) is 1.56. The molecule has 0 radical (unpaired) electrons. The van der Waals surface area contributed by atoms with E-state index in [0.717, 1.165) is 9.04 Å². The zero-order valence-corrected chi connectivity index (χ0v) is 11.9. The Balaban J connectivity index is 2.57. The summed E-state index contributed by atoms with van der Waals surface area (Å²) in [5.41, 5.74) is -0.0680. The number of hydrogen-bond acceptors (Lipinski definition) is 3. The molecule has 0 atom stereocenters. The first-order valence-electron chi connectivity index (χ1n) is 5.41. The molecule has 0 bridgehead atoms. The van der Waals surface area contributed by atoms with Crippen LogP contribution in [0.25, 0.3) is 11.0 Å². The molecular formula is C12H13BrN2O3. The van der Waals surface area contributed by atoms with Gasteiger partial charge in [0.15, 0.2) is 0 Å². The highest BCUT2D eigenvalue weighted by Gasteiger charge is 2.21. The lowest BCUT2D eigenvalue weighted by Crippen LogP contribution is -2.32. The monoisotopic (exact) mass is 312 g/mol. The van der Waals surface area contributed by atoms with Gasteiger partial charge in [0.25, 0.3) is 0 Å². The van der Waals surface area contributed by atoms with Crippen LogP contribution in [0.1, 0.15) is 20.8 Å². The number of carbonyl (C=O) groups excluding carboxylic acids is 1. The molecule has 0 unspecified atom stereocenters. The van der Waals surface area contributed by atoms with E-state index in [9.17, 15) is 9.59 Å². The van der Waals surface area contributed by atoms with E-state index in [4.69, 9.17) is 4.74 Å². The fraction of sp³-hybridized carbons (Fsp3) is 0.333. The number of nitrogens with one attached hydrogen (secondary N) is 1. The Morgan fingerprint density at radius 1 is 1.39 bits per heavy atom. The number of aromatic amines is 1. The maximum Gasteiger partial charge on any atom is 0.423 e. The first kappa shape index (κ1) is 12.9. The Bertz CT molecular complexity index is 664. The van der Waals surface area contributed by atoms with Gasteiger partial charge in [-0.3, -0.25) is 0 Å². The summed E-state index contributed by atoms with van der Waals surface area (Å²) >= 11 is 3.30. The van der Waals surface area contributed by atoms with Gasteiger partial charge in [0.1, 0.15) is 5.60 Å². The van der Waals surface area contributed by atoms with Crippen molar-refractivity contribution in [3.8, 4) is 0 Å². The Morgan fingerprint density at radius 3 is 2.67 bits per heavy atom. The molecule has 2 rings (SSSR count). The summed E-state index contributed by atoms with van der Waals surface area (Å²) in [5.74, 6) is 0. The third-order valence-corrected chi connectivity index (χ3v) is 2.71. The van der Waals surface area contributed by atoms with Gasteiger partial charge >= 0.3 is 11.8 Å². The molecule has 0 amide bonds. The maximum absolute atomic E-state index is 12.0. The van der Waals surface area contributed by atoms with E-state index in [1.54, 1.807) is 39.0 Å². The second kappa shape index (κ2) is 4.28. The predicted molar refractivity (Wildman–Crippen MR) is 71.9 cm³/mol. The first-order valence-corrected chi connectivity index (χ1v) is 6.21. The van der Waals surface area contributed by atoms with Gasteiger partial charge in [-0.15, -0.1) is 0 Å². The average Bonchev–Trinajstić information content (AvgIpc) is 2.50. The van der Waals surface area contributed by atoms with Crippen molar-refractivity contribution >= 4 is 33.1 Å². The topological polar surface area (TPSA) is 64.1 Å². The van der Waals surface area contributed by atoms with Gasteiger partial charge in [0.2, 0.25) is 0 Å². The Kier molecular flexibility index (Phi) is 3.06. The minimum atomic E-state index is -0.683. The molecule has 0 aliphatic rings. The molecule has 0 aliphatic carbocycles. The van der Waals surface area contributed by atoms with Crippen molar-refractivity contribution in [1.82, 2.24) is 9.55 Å². The third-order valence-electron chi connectivity index (χ3n) is 2.22. The van der Waals surface area contributed by atoms with Gasteiger partial charge in [-0.1, -0.05) is 15.9 Å². The number of benzene rings is 1. The maximum atomic E-state index is 12.0. The van der Waals surface area contributed by atoms with Gasteiger partial charge < -0.3 is 9.72 Å². The molecule has 1 aromatic carbocycles. The number of hydrogen-bond donors (Lipinski definition) is 1. The Morgan fingerprint density at radius 2 is 2.06 bits per heavy atom. The van der Waals surface area contributed by atoms with Crippen molar-refractivity contribution in [2.75, 3.05) is 0 Å². The van der Waals surface area contributed by atoms with E-state index in [1.165, 1.54) is 0 Å². The summed E-state index contributed by atoms with van der Waals surface area (Å²) in [6, 6.07) is 5.20. The number of fused-ring (bicyclic) bond motifs is 1. The lowest BCUT2D eigenvalue weighted by Gasteiger charge is -2.19. The number of rotatable bonds is 0. The third kappa shape index (κ3) is 2.48.